The Labute approximate surface area is 140 Å². The maximum atomic E-state index is 13.2. The van der Waals surface area contributed by atoms with Crippen LogP contribution in [0.2, 0.25) is 0 Å². The Morgan fingerprint density at radius 3 is 2.88 bits per heavy atom. The molecule has 6 nitrogen and oxygen atoms in total. The lowest BCUT2D eigenvalue weighted by atomic mass is 9.99. The minimum atomic E-state index is -1.42. The van der Waals surface area contributed by atoms with Crippen LogP contribution in [0.1, 0.15) is 18.9 Å². The van der Waals surface area contributed by atoms with Gasteiger partial charge >= 0.3 is 0 Å². The molecule has 1 atom stereocenters. The van der Waals surface area contributed by atoms with Crippen molar-refractivity contribution in [3.8, 4) is 0 Å². The first-order chi connectivity index (χ1) is 11.3. The first-order valence-corrected chi connectivity index (χ1v) is 7.83. The smallest absolute Gasteiger partial charge is 0.225 e. The molecule has 1 saturated heterocycles. The number of aliphatic hydroxyl groups is 1. The molecule has 7 heteroatoms. The zero-order valence-corrected chi connectivity index (χ0v) is 14.0. The Morgan fingerprint density at radius 1 is 1.46 bits per heavy atom. The van der Waals surface area contributed by atoms with Gasteiger partial charge in [0.1, 0.15) is 11.4 Å². The summed E-state index contributed by atoms with van der Waals surface area (Å²) in [5, 5.41) is 10.7. The summed E-state index contributed by atoms with van der Waals surface area (Å²) in [6.07, 6.45) is -0.164. The molecule has 1 aliphatic heterocycles. The van der Waals surface area contributed by atoms with Crippen molar-refractivity contribution in [3.05, 3.63) is 35.6 Å². The Morgan fingerprint density at radius 2 is 2.21 bits per heavy atom. The number of hydrogen-bond acceptors (Lipinski definition) is 4. The third-order valence-electron chi connectivity index (χ3n) is 4.02. The van der Waals surface area contributed by atoms with E-state index < -0.39 is 5.60 Å². The van der Waals surface area contributed by atoms with Gasteiger partial charge in [-0.3, -0.25) is 9.59 Å². The zero-order valence-electron chi connectivity index (χ0n) is 14.0. The number of nitrogens with zero attached hydrogens (tertiary/aromatic N) is 2. The zero-order chi connectivity index (χ0) is 17.7. The molecule has 1 unspecified atom stereocenters. The molecule has 0 aliphatic carbocycles. The van der Waals surface area contributed by atoms with Crippen molar-refractivity contribution in [2.24, 2.45) is 0 Å². The van der Waals surface area contributed by atoms with E-state index in [0.29, 0.717) is 18.7 Å². The highest BCUT2D eigenvalue weighted by molar-refractivity contribution is 5.77. The van der Waals surface area contributed by atoms with Gasteiger partial charge in [0, 0.05) is 27.1 Å². The van der Waals surface area contributed by atoms with Crippen molar-refractivity contribution in [3.63, 3.8) is 0 Å². The Hall–Kier alpha value is -1.99. The number of halogens is 1. The average Bonchev–Trinajstić information content (AvgIpc) is 2.69. The number of amides is 2. The predicted molar refractivity (Wildman–Crippen MR) is 85.5 cm³/mol. The van der Waals surface area contributed by atoms with Gasteiger partial charge in [-0.15, -0.1) is 0 Å². The van der Waals surface area contributed by atoms with Crippen LogP contribution in [0.5, 0.6) is 0 Å². The molecule has 0 bridgehead atoms. The number of rotatable bonds is 4. The standard InChI is InChI=1S/C17H23FN2O4/c1-13(21)20-6-7-24-12-17(23,11-20)9-16(22)19(2)10-14-4-3-5-15(18)8-14/h3-5,8,23H,6-7,9-12H2,1-2H3. The SMILES string of the molecule is CC(=O)N1CCOCC(O)(CC(=O)N(C)Cc2cccc(F)c2)C1. The second-order valence-electron chi connectivity index (χ2n) is 6.27. The molecule has 1 heterocycles. The molecule has 0 aromatic heterocycles. The molecular formula is C17H23FN2O4. The largest absolute Gasteiger partial charge is 0.385 e. The summed E-state index contributed by atoms with van der Waals surface area (Å²) >= 11 is 0. The lowest BCUT2D eigenvalue weighted by Crippen LogP contribution is -2.48. The summed E-state index contributed by atoms with van der Waals surface area (Å²) in [6.45, 7) is 2.44. The van der Waals surface area contributed by atoms with Crippen LogP contribution >= 0.6 is 0 Å². The van der Waals surface area contributed by atoms with Gasteiger partial charge in [-0.2, -0.15) is 0 Å². The van der Waals surface area contributed by atoms with E-state index in [-0.39, 0.29) is 43.7 Å². The molecule has 2 amide bonds. The van der Waals surface area contributed by atoms with Crippen LogP contribution in [0.4, 0.5) is 4.39 Å². The van der Waals surface area contributed by atoms with Gasteiger partial charge in [-0.05, 0) is 17.7 Å². The van der Waals surface area contributed by atoms with Crippen molar-refractivity contribution < 1.29 is 23.8 Å². The molecule has 132 valence electrons. The highest BCUT2D eigenvalue weighted by atomic mass is 19.1. The van der Waals surface area contributed by atoms with E-state index >= 15 is 0 Å². The quantitative estimate of drug-likeness (QED) is 0.881. The maximum absolute atomic E-state index is 13.2. The average molecular weight is 338 g/mol. The van der Waals surface area contributed by atoms with Crippen LogP contribution in [0.3, 0.4) is 0 Å². The van der Waals surface area contributed by atoms with Gasteiger partial charge in [-0.25, -0.2) is 4.39 Å². The Balaban J connectivity index is 1.99. The minimum absolute atomic E-state index is 0.00365. The number of carbonyl (C=O) groups is 2. The van der Waals surface area contributed by atoms with Crippen LogP contribution in [0, 0.1) is 5.82 Å². The molecule has 24 heavy (non-hydrogen) atoms. The molecule has 1 aromatic carbocycles. The summed E-state index contributed by atoms with van der Waals surface area (Å²) in [6, 6.07) is 6.02. The van der Waals surface area contributed by atoms with E-state index in [2.05, 4.69) is 0 Å². The van der Waals surface area contributed by atoms with Crippen molar-refractivity contribution in [1.29, 1.82) is 0 Å². The van der Waals surface area contributed by atoms with Crippen LogP contribution in [-0.4, -0.2) is 65.7 Å². The number of ether oxygens (including phenoxy) is 1. The highest BCUT2D eigenvalue weighted by Gasteiger charge is 2.36. The molecule has 0 saturated carbocycles. The normalized spacial score (nSPS) is 21.2. The van der Waals surface area contributed by atoms with Crippen LogP contribution < -0.4 is 0 Å². The van der Waals surface area contributed by atoms with Crippen LogP contribution in [0.15, 0.2) is 24.3 Å². The predicted octanol–water partition coefficient (Wildman–Crippen LogP) is 0.784. The minimum Gasteiger partial charge on any atom is -0.385 e. The number of carbonyl (C=O) groups excluding carboxylic acids is 2. The summed E-state index contributed by atoms with van der Waals surface area (Å²) < 4.78 is 18.6. The van der Waals surface area contributed by atoms with Gasteiger partial charge in [0.15, 0.2) is 0 Å². The third kappa shape index (κ3) is 5.01. The number of benzene rings is 1. The molecule has 1 fully saturated rings. The molecule has 1 N–H and O–H groups in total. The first kappa shape index (κ1) is 18.4. The summed E-state index contributed by atoms with van der Waals surface area (Å²) in [4.78, 5) is 26.9. The maximum Gasteiger partial charge on any atom is 0.225 e. The van der Waals surface area contributed by atoms with E-state index in [1.807, 2.05) is 0 Å². The lowest BCUT2D eigenvalue weighted by molar-refractivity contribution is -0.141. The Kier molecular flexibility index (Phi) is 5.90. The third-order valence-corrected chi connectivity index (χ3v) is 4.02. The van der Waals surface area contributed by atoms with Crippen LogP contribution in [0.25, 0.3) is 0 Å². The van der Waals surface area contributed by atoms with Gasteiger partial charge in [0.05, 0.1) is 26.2 Å². The second-order valence-corrected chi connectivity index (χ2v) is 6.27. The first-order valence-electron chi connectivity index (χ1n) is 7.83. The van der Waals surface area contributed by atoms with Crippen molar-refractivity contribution >= 4 is 11.8 Å². The molecule has 0 spiro atoms. The van der Waals surface area contributed by atoms with Crippen molar-refractivity contribution in [2.75, 3.05) is 33.4 Å². The van der Waals surface area contributed by atoms with Gasteiger partial charge in [0.25, 0.3) is 0 Å². The van der Waals surface area contributed by atoms with Gasteiger partial charge < -0.3 is 19.6 Å². The van der Waals surface area contributed by atoms with E-state index in [1.165, 1.54) is 28.9 Å². The monoisotopic (exact) mass is 338 g/mol. The van der Waals surface area contributed by atoms with E-state index in [9.17, 15) is 19.1 Å². The van der Waals surface area contributed by atoms with E-state index in [1.54, 1.807) is 19.2 Å². The number of hydrogen-bond donors (Lipinski definition) is 1. The number of β-amino-alcohol motifs (C(OH)–C–C–N with tert-alkyl or cyclic N) is 1. The summed E-state index contributed by atoms with van der Waals surface area (Å²) in [5.74, 6) is -0.823. The summed E-state index contributed by atoms with van der Waals surface area (Å²) in [7, 11) is 1.59. The fourth-order valence-corrected chi connectivity index (χ4v) is 2.71. The van der Waals surface area contributed by atoms with Crippen LogP contribution in [-0.2, 0) is 20.9 Å². The van der Waals surface area contributed by atoms with Gasteiger partial charge in [0.2, 0.25) is 11.8 Å². The fourth-order valence-electron chi connectivity index (χ4n) is 2.71. The second kappa shape index (κ2) is 7.72. The molecule has 1 aliphatic rings. The van der Waals surface area contributed by atoms with Crippen molar-refractivity contribution in [2.45, 2.75) is 25.5 Å². The molecular weight excluding hydrogens is 315 g/mol. The van der Waals surface area contributed by atoms with Crippen molar-refractivity contribution in [1.82, 2.24) is 9.80 Å². The summed E-state index contributed by atoms with van der Waals surface area (Å²) in [5.41, 5.74) is -0.754. The molecule has 1 aromatic rings. The van der Waals surface area contributed by atoms with E-state index in [4.69, 9.17) is 4.74 Å². The molecule has 2 rings (SSSR count). The highest BCUT2D eigenvalue weighted by Crippen LogP contribution is 2.19. The topological polar surface area (TPSA) is 70.1 Å². The fraction of sp³-hybridized carbons (Fsp3) is 0.529. The van der Waals surface area contributed by atoms with E-state index in [0.717, 1.165) is 0 Å². The molecule has 0 radical (unpaired) electrons. The Bertz CT molecular complexity index is 610. The van der Waals surface area contributed by atoms with Gasteiger partial charge in [-0.1, -0.05) is 12.1 Å². The lowest BCUT2D eigenvalue weighted by Gasteiger charge is -2.31.